The molecule has 0 aromatic carbocycles. The normalized spacial score (nSPS) is 27.1. The molecule has 0 aromatic heterocycles. The maximum absolute atomic E-state index is 13.4. The number of aliphatic hydroxyl groups excluding tert-OH is 11. The Kier molecular flexibility index (Phi) is 54.9. The Morgan fingerprint density at radius 3 is 1.09 bits per heavy atom. The maximum atomic E-state index is 13.4. The molecule has 3 saturated heterocycles. The van der Waals surface area contributed by atoms with Gasteiger partial charge in [-0.05, 0) is 70.6 Å². The van der Waals surface area contributed by atoms with Crippen LogP contribution in [0, 0.1) is 0 Å². The number of hydrogen-bond donors (Lipinski definition) is 12. The fourth-order valence-electron chi connectivity index (χ4n) is 12.9. The van der Waals surface area contributed by atoms with Gasteiger partial charge in [-0.15, -0.1) is 0 Å². The molecule has 0 aromatic rings. The molecular formula is C80H141NO18. The minimum absolute atomic E-state index is 0.184. The molecule has 1 amide bonds. The van der Waals surface area contributed by atoms with Gasteiger partial charge in [0.1, 0.15) is 73.2 Å². The second kappa shape index (κ2) is 60.3. The van der Waals surface area contributed by atoms with E-state index in [1.807, 2.05) is 6.08 Å². The molecular weight excluding hydrogens is 1260 g/mol. The first kappa shape index (κ1) is 90.2. The van der Waals surface area contributed by atoms with Crippen LogP contribution >= 0.6 is 0 Å². The van der Waals surface area contributed by atoms with E-state index < -0.39 is 124 Å². The van der Waals surface area contributed by atoms with Crippen molar-refractivity contribution in [3.63, 3.8) is 0 Å². The summed E-state index contributed by atoms with van der Waals surface area (Å²) in [4.78, 5) is 13.4. The Hall–Kier alpha value is -3.03. The van der Waals surface area contributed by atoms with Gasteiger partial charge in [0.2, 0.25) is 5.91 Å². The van der Waals surface area contributed by atoms with Crippen molar-refractivity contribution < 1.29 is 89.4 Å². The van der Waals surface area contributed by atoms with Crippen molar-refractivity contribution in [1.82, 2.24) is 5.32 Å². The van der Waals surface area contributed by atoms with Crippen molar-refractivity contribution in [2.24, 2.45) is 0 Å². The third-order valence-corrected chi connectivity index (χ3v) is 19.2. The predicted octanol–water partition coefficient (Wildman–Crippen LogP) is 12.6. The number of aliphatic hydroxyl groups is 11. The SMILES string of the molecule is CC/C=C\C/C=C\C/C=C\C/C=C\C/C=C\C/C=C\CCCCC(=O)NC(COC1OC(CO)C(OC2OC(CO)C(OC3OC(CO)C(O)C(O)C3O)C(O)C2O)C(O)C1O)C(O)/C=C/CCCCCCCCCCCCCCCCCCCCCCCCCCCCCCCCC. The first-order chi connectivity index (χ1) is 48.3. The minimum Gasteiger partial charge on any atom is -0.394 e. The highest BCUT2D eigenvalue weighted by atomic mass is 16.8. The van der Waals surface area contributed by atoms with Gasteiger partial charge in [0.15, 0.2) is 18.9 Å². The van der Waals surface area contributed by atoms with Crippen LogP contribution in [0.5, 0.6) is 0 Å². The zero-order valence-electron chi connectivity index (χ0n) is 61.2. The van der Waals surface area contributed by atoms with Crippen LogP contribution < -0.4 is 5.32 Å². The van der Waals surface area contributed by atoms with Crippen molar-refractivity contribution in [3.05, 3.63) is 85.1 Å². The molecule has 0 bridgehead atoms. The number of rotatable bonds is 61. The standard InChI is InChI=1S/C80H141NO18/c1-3-5-7-9-11-13-15-17-19-21-23-25-26-27-28-29-30-31-32-33-34-35-36-38-39-41-43-45-47-49-51-53-55-57-64(85)63(81-68(86)58-56-54-52-50-48-46-44-42-40-37-24-22-20-18-16-14-12-10-8-6-4-2)62-94-78-74(92)71(89)76(66(60-83)96-78)99-80-75(93)72(90)77(67(61-84)97-80)98-79-73(91)70(88)69(87)65(59-82)95-79/h6,8,12,14,18,20,24,37,42,44,48,50,55,57,63-67,69-80,82-85,87-93H,3-5,7,9-11,13,15-17,19,21-23,25-36,38-41,43,45-47,49,51-54,56,58-62H2,1-2H3,(H,81,86)/b8-6-,14-12-,20-18-,37-24-,44-42-,50-48-,57-55+. The summed E-state index contributed by atoms with van der Waals surface area (Å²) in [7, 11) is 0. The molecule has 0 spiro atoms. The molecule has 3 aliphatic rings. The Labute approximate surface area is 597 Å². The van der Waals surface area contributed by atoms with Gasteiger partial charge in [-0.1, -0.05) is 292 Å². The minimum atomic E-state index is -1.99. The first-order valence-electron chi connectivity index (χ1n) is 39.3. The number of carbonyl (C=O) groups excluding carboxylic acids is 1. The average Bonchev–Trinajstić information content (AvgIpc) is 0.784. The van der Waals surface area contributed by atoms with Crippen molar-refractivity contribution in [2.45, 2.75) is 388 Å². The molecule has 12 N–H and O–H groups in total. The summed E-state index contributed by atoms with van der Waals surface area (Å²) in [5.41, 5.74) is 0. The summed E-state index contributed by atoms with van der Waals surface area (Å²) in [6, 6.07) is -1.00. The number of ether oxygens (including phenoxy) is 6. The number of unbranched alkanes of at least 4 members (excludes halogenated alkanes) is 33. The highest BCUT2D eigenvalue weighted by molar-refractivity contribution is 5.76. The fourth-order valence-corrected chi connectivity index (χ4v) is 12.9. The molecule has 99 heavy (non-hydrogen) atoms. The number of hydrogen-bond acceptors (Lipinski definition) is 18. The van der Waals surface area contributed by atoms with Gasteiger partial charge in [-0.25, -0.2) is 0 Å². The summed E-state index contributed by atoms with van der Waals surface area (Å²) in [5, 5.41) is 121. The van der Waals surface area contributed by atoms with E-state index in [9.17, 15) is 61.0 Å². The van der Waals surface area contributed by atoms with Gasteiger partial charge in [0.05, 0.1) is 38.6 Å². The number of amides is 1. The molecule has 3 rings (SSSR count). The first-order valence-corrected chi connectivity index (χ1v) is 39.3. The molecule has 19 nitrogen and oxygen atoms in total. The average molecular weight is 1400 g/mol. The van der Waals surface area contributed by atoms with E-state index in [2.05, 4.69) is 92.1 Å². The second-order valence-electron chi connectivity index (χ2n) is 27.8. The van der Waals surface area contributed by atoms with E-state index >= 15 is 0 Å². The van der Waals surface area contributed by atoms with Crippen LogP contribution in [0.4, 0.5) is 0 Å². The number of allylic oxidation sites excluding steroid dienone is 13. The molecule has 0 aliphatic carbocycles. The lowest BCUT2D eigenvalue weighted by molar-refractivity contribution is -0.379. The lowest BCUT2D eigenvalue weighted by Crippen LogP contribution is -2.66. The Balaban J connectivity index is 1.39. The molecule has 19 heteroatoms. The van der Waals surface area contributed by atoms with Crippen LogP contribution in [0.1, 0.15) is 284 Å². The lowest BCUT2D eigenvalue weighted by atomic mass is 9.96. The van der Waals surface area contributed by atoms with Crippen LogP contribution in [0.25, 0.3) is 0 Å². The van der Waals surface area contributed by atoms with Crippen LogP contribution in [0.3, 0.4) is 0 Å². The van der Waals surface area contributed by atoms with Crippen LogP contribution in [-0.4, -0.2) is 193 Å². The molecule has 0 saturated carbocycles. The Bertz CT molecular complexity index is 2120. The molecule has 574 valence electrons. The predicted molar refractivity (Wildman–Crippen MR) is 392 cm³/mol. The highest BCUT2D eigenvalue weighted by Crippen LogP contribution is 2.33. The van der Waals surface area contributed by atoms with E-state index in [-0.39, 0.29) is 18.9 Å². The molecule has 17 unspecified atom stereocenters. The molecule has 0 radical (unpaired) electrons. The molecule has 17 atom stereocenters. The van der Waals surface area contributed by atoms with E-state index in [1.54, 1.807) is 6.08 Å². The molecule has 3 aliphatic heterocycles. The lowest BCUT2D eigenvalue weighted by Gasteiger charge is -2.48. The third-order valence-electron chi connectivity index (χ3n) is 19.2. The zero-order chi connectivity index (χ0) is 71.8. The van der Waals surface area contributed by atoms with Gasteiger partial charge in [-0.2, -0.15) is 0 Å². The summed E-state index contributed by atoms with van der Waals surface area (Å²) in [6.45, 7) is 1.61. The number of carbonyl (C=O) groups is 1. The second-order valence-corrected chi connectivity index (χ2v) is 27.8. The van der Waals surface area contributed by atoms with Crippen LogP contribution in [-0.2, 0) is 33.2 Å². The van der Waals surface area contributed by atoms with Gasteiger partial charge in [-0.3, -0.25) is 4.79 Å². The topological polar surface area (TPSA) is 307 Å². The van der Waals surface area contributed by atoms with Crippen molar-refractivity contribution >= 4 is 5.91 Å². The summed E-state index contributed by atoms with van der Waals surface area (Å²) in [5.74, 6) is -0.318. The summed E-state index contributed by atoms with van der Waals surface area (Å²) < 4.78 is 34.4. The van der Waals surface area contributed by atoms with E-state index in [4.69, 9.17) is 28.4 Å². The van der Waals surface area contributed by atoms with Crippen molar-refractivity contribution in [1.29, 1.82) is 0 Å². The Morgan fingerprint density at radius 2 is 0.697 bits per heavy atom. The fraction of sp³-hybridized carbons (Fsp3) is 0.812. The summed E-state index contributed by atoms with van der Waals surface area (Å²) in [6.07, 6.45) is 53.0. The van der Waals surface area contributed by atoms with E-state index in [1.165, 1.54) is 180 Å². The third kappa shape index (κ3) is 40.7. The quantitative estimate of drug-likeness (QED) is 0.0199. The highest BCUT2D eigenvalue weighted by Gasteiger charge is 2.53. The largest absolute Gasteiger partial charge is 0.394 e. The zero-order valence-corrected chi connectivity index (χ0v) is 61.2. The van der Waals surface area contributed by atoms with E-state index in [0.717, 1.165) is 77.0 Å². The number of nitrogens with one attached hydrogen (secondary N) is 1. The van der Waals surface area contributed by atoms with Crippen molar-refractivity contribution in [3.8, 4) is 0 Å². The van der Waals surface area contributed by atoms with Gasteiger partial charge in [0, 0.05) is 6.42 Å². The van der Waals surface area contributed by atoms with Gasteiger partial charge >= 0.3 is 0 Å². The van der Waals surface area contributed by atoms with Crippen LogP contribution in [0.2, 0.25) is 0 Å². The Morgan fingerprint density at radius 1 is 0.374 bits per heavy atom. The maximum Gasteiger partial charge on any atom is 0.220 e. The molecule has 3 heterocycles. The van der Waals surface area contributed by atoms with Crippen LogP contribution in [0.15, 0.2) is 85.1 Å². The van der Waals surface area contributed by atoms with Gasteiger partial charge < -0.3 is 89.9 Å². The van der Waals surface area contributed by atoms with Gasteiger partial charge in [0.25, 0.3) is 0 Å². The van der Waals surface area contributed by atoms with E-state index in [0.29, 0.717) is 6.42 Å². The van der Waals surface area contributed by atoms with Crippen molar-refractivity contribution in [2.75, 3.05) is 26.4 Å². The molecule has 3 fully saturated rings. The summed E-state index contributed by atoms with van der Waals surface area (Å²) >= 11 is 0. The smallest absolute Gasteiger partial charge is 0.220 e. The monoisotopic (exact) mass is 1400 g/mol.